The quantitative estimate of drug-likeness (QED) is 0.344. The maximum Gasteiger partial charge on any atom is 0.196 e. The number of fused-ring (bicyclic) bond motifs is 1. The van der Waals surface area contributed by atoms with Crippen molar-refractivity contribution in [3.8, 4) is 11.5 Å². The molecule has 0 unspecified atom stereocenters. The van der Waals surface area contributed by atoms with Crippen molar-refractivity contribution in [1.82, 2.24) is 15.1 Å². The molecule has 7 nitrogen and oxygen atoms in total. The number of nitrogens with one attached hydrogen (secondary N) is 2. The van der Waals surface area contributed by atoms with E-state index in [2.05, 4.69) is 34.8 Å². The summed E-state index contributed by atoms with van der Waals surface area (Å²) in [6.45, 7) is 5.70. The summed E-state index contributed by atoms with van der Waals surface area (Å²) < 4.78 is 13.5. The summed E-state index contributed by atoms with van der Waals surface area (Å²) in [5.74, 6) is 2.28. The molecular formula is C24H29N5O2. The van der Waals surface area contributed by atoms with Crippen LogP contribution in [0.4, 0.5) is 5.69 Å². The van der Waals surface area contributed by atoms with Crippen molar-refractivity contribution in [3.05, 3.63) is 72.1 Å². The second kappa shape index (κ2) is 10.5. The van der Waals surface area contributed by atoms with Crippen LogP contribution in [0.25, 0.3) is 0 Å². The van der Waals surface area contributed by atoms with Gasteiger partial charge < -0.3 is 20.1 Å². The second-order valence-electron chi connectivity index (χ2n) is 7.48. The number of aryl methyl sites for hydroxylation is 2. The van der Waals surface area contributed by atoms with E-state index in [1.165, 1.54) is 11.1 Å². The van der Waals surface area contributed by atoms with Gasteiger partial charge in [-0.05, 0) is 42.7 Å². The maximum absolute atomic E-state index is 5.82. The van der Waals surface area contributed by atoms with Crippen molar-refractivity contribution in [1.29, 1.82) is 0 Å². The molecule has 1 aliphatic rings. The van der Waals surface area contributed by atoms with Crippen LogP contribution < -0.4 is 20.1 Å². The van der Waals surface area contributed by atoms with Crippen LogP contribution in [0.1, 0.15) is 24.0 Å². The van der Waals surface area contributed by atoms with Crippen LogP contribution in [0.2, 0.25) is 0 Å². The van der Waals surface area contributed by atoms with Gasteiger partial charge in [0.25, 0.3) is 0 Å². The average Bonchev–Trinajstić information content (AvgIpc) is 3.19. The Kier molecular flexibility index (Phi) is 7.05. The van der Waals surface area contributed by atoms with E-state index in [9.17, 15) is 0 Å². The van der Waals surface area contributed by atoms with Gasteiger partial charge in [0, 0.05) is 43.7 Å². The molecule has 0 saturated carbocycles. The van der Waals surface area contributed by atoms with E-state index in [1.807, 2.05) is 47.3 Å². The fourth-order valence-electron chi connectivity index (χ4n) is 3.35. The Morgan fingerprint density at radius 1 is 1.10 bits per heavy atom. The van der Waals surface area contributed by atoms with Gasteiger partial charge in [-0.2, -0.15) is 5.10 Å². The van der Waals surface area contributed by atoms with Crippen LogP contribution in [0, 0.1) is 6.92 Å². The number of anilines is 1. The van der Waals surface area contributed by atoms with Crippen LogP contribution in [0.5, 0.6) is 11.5 Å². The maximum atomic E-state index is 5.82. The SMILES string of the molecule is Cc1ccccc1CN=C(NCCCn1cccn1)Nc1ccc2c(c1)OCCCO2. The molecule has 0 amide bonds. The third-order valence-electron chi connectivity index (χ3n) is 5.09. The molecule has 0 saturated heterocycles. The summed E-state index contributed by atoms with van der Waals surface area (Å²) >= 11 is 0. The molecule has 0 fully saturated rings. The summed E-state index contributed by atoms with van der Waals surface area (Å²) in [5.41, 5.74) is 3.35. The van der Waals surface area contributed by atoms with Crippen molar-refractivity contribution in [2.75, 3.05) is 25.1 Å². The van der Waals surface area contributed by atoms with E-state index in [0.717, 1.165) is 49.1 Å². The van der Waals surface area contributed by atoms with Crippen LogP contribution in [0.15, 0.2) is 65.9 Å². The lowest BCUT2D eigenvalue weighted by Crippen LogP contribution is -2.32. The molecule has 2 N–H and O–H groups in total. The third-order valence-corrected chi connectivity index (χ3v) is 5.09. The molecule has 4 rings (SSSR count). The molecule has 2 heterocycles. The average molecular weight is 420 g/mol. The smallest absolute Gasteiger partial charge is 0.196 e. The predicted molar refractivity (Wildman–Crippen MR) is 123 cm³/mol. The van der Waals surface area contributed by atoms with E-state index < -0.39 is 0 Å². The van der Waals surface area contributed by atoms with Gasteiger partial charge in [0.15, 0.2) is 17.5 Å². The molecule has 3 aromatic rings. The minimum atomic E-state index is 0.603. The van der Waals surface area contributed by atoms with Gasteiger partial charge in [0.05, 0.1) is 19.8 Å². The van der Waals surface area contributed by atoms with Gasteiger partial charge in [-0.1, -0.05) is 24.3 Å². The highest BCUT2D eigenvalue weighted by atomic mass is 16.5. The monoisotopic (exact) mass is 419 g/mol. The molecule has 0 spiro atoms. The third kappa shape index (κ3) is 6.01. The number of guanidine groups is 1. The van der Waals surface area contributed by atoms with Crippen molar-refractivity contribution in [3.63, 3.8) is 0 Å². The van der Waals surface area contributed by atoms with E-state index in [1.54, 1.807) is 6.20 Å². The molecule has 2 aromatic carbocycles. The van der Waals surface area contributed by atoms with Gasteiger partial charge in [-0.3, -0.25) is 4.68 Å². The lowest BCUT2D eigenvalue weighted by atomic mass is 10.1. The number of ether oxygens (including phenoxy) is 2. The summed E-state index contributed by atoms with van der Waals surface area (Å²) in [5, 5.41) is 11.1. The number of hydrogen-bond acceptors (Lipinski definition) is 4. The standard InChI is InChI=1S/C24H29N5O2/c1-19-7-2-3-8-20(19)18-26-24(25-11-4-13-29-14-5-12-27-29)28-21-9-10-22-23(17-21)31-16-6-15-30-22/h2-3,5,7-10,12,14,17H,4,6,11,13,15-16,18H2,1H3,(H2,25,26,28). The normalized spacial score (nSPS) is 13.5. The van der Waals surface area contributed by atoms with E-state index in [0.29, 0.717) is 19.8 Å². The Balaban J connectivity index is 1.44. The second-order valence-corrected chi connectivity index (χ2v) is 7.48. The first kappa shape index (κ1) is 20.8. The Morgan fingerprint density at radius 2 is 1.97 bits per heavy atom. The summed E-state index contributed by atoms with van der Waals surface area (Å²) in [4.78, 5) is 4.82. The van der Waals surface area contributed by atoms with E-state index in [4.69, 9.17) is 14.5 Å². The molecule has 0 atom stereocenters. The topological polar surface area (TPSA) is 72.7 Å². The summed E-state index contributed by atoms with van der Waals surface area (Å²) in [6.07, 6.45) is 5.60. The Bertz CT molecular complexity index is 1000. The van der Waals surface area contributed by atoms with Crippen molar-refractivity contribution >= 4 is 11.6 Å². The predicted octanol–water partition coefficient (Wildman–Crippen LogP) is 4.00. The van der Waals surface area contributed by atoms with Gasteiger partial charge in [0.2, 0.25) is 0 Å². The van der Waals surface area contributed by atoms with Gasteiger partial charge in [-0.25, -0.2) is 4.99 Å². The first-order chi connectivity index (χ1) is 15.3. The molecule has 0 bridgehead atoms. The molecule has 7 heteroatoms. The minimum absolute atomic E-state index is 0.603. The number of aromatic nitrogens is 2. The highest BCUT2D eigenvalue weighted by molar-refractivity contribution is 5.94. The number of aliphatic imine (C=N–C) groups is 1. The zero-order chi connectivity index (χ0) is 21.3. The van der Waals surface area contributed by atoms with Crippen LogP contribution in [-0.2, 0) is 13.1 Å². The van der Waals surface area contributed by atoms with Gasteiger partial charge >= 0.3 is 0 Å². The Labute approximate surface area is 183 Å². The molecule has 0 radical (unpaired) electrons. The van der Waals surface area contributed by atoms with Crippen LogP contribution >= 0.6 is 0 Å². The zero-order valence-electron chi connectivity index (χ0n) is 17.9. The number of hydrogen-bond donors (Lipinski definition) is 2. The molecular weight excluding hydrogens is 390 g/mol. The van der Waals surface area contributed by atoms with Crippen LogP contribution in [-0.4, -0.2) is 35.5 Å². The largest absolute Gasteiger partial charge is 0.490 e. The molecule has 31 heavy (non-hydrogen) atoms. The van der Waals surface area contributed by atoms with Crippen molar-refractivity contribution in [2.24, 2.45) is 4.99 Å². The summed E-state index contributed by atoms with van der Waals surface area (Å²) in [7, 11) is 0. The zero-order valence-corrected chi connectivity index (χ0v) is 17.9. The van der Waals surface area contributed by atoms with E-state index >= 15 is 0 Å². The molecule has 1 aromatic heterocycles. The molecule has 162 valence electrons. The minimum Gasteiger partial charge on any atom is -0.490 e. The first-order valence-corrected chi connectivity index (χ1v) is 10.7. The van der Waals surface area contributed by atoms with Crippen molar-refractivity contribution in [2.45, 2.75) is 32.9 Å². The first-order valence-electron chi connectivity index (χ1n) is 10.7. The number of nitrogens with zero attached hydrogens (tertiary/aromatic N) is 3. The number of rotatable bonds is 7. The number of benzene rings is 2. The highest BCUT2D eigenvalue weighted by Gasteiger charge is 2.11. The molecule has 0 aliphatic carbocycles. The Hall–Kier alpha value is -3.48. The lowest BCUT2D eigenvalue weighted by molar-refractivity contribution is 0.297. The van der Waals surface area contributed by atoms with Gasteiger partial charge in [-0.15, -0.1) is 0 Å². The lowest BCUT2D eigenvalue weighted by Gasteiger charge is -2.15. The molecule has 1 aliphatic heterocycles. The van der Waals surface area contributed by atoms with Gasteiger partial charge in [0.1, 0.15) is 0 Å². The Morgan fingerprint density at radius 3 is 2.81 bits per heavy atom. The van der Waals surface area contributed by atoms with Crippen molar-refractivity contribution < 1.29 is 9.47 Å². The van der Waals surface area contributed by atoms with E-state index in [-0.39, 0.29) is 0 Å². The fourth-order valence-corrected chi connectivity index (χ4v) is 3.35. The fraction of sp³-hybridized carbons (Fsp3) is 0.333. The summed E-state index contributed by atoms with van der Waals surface area (Å²) in [6, 6.07) is 16.2. The highest BCUT2D eigenvalue weighted by Crippen LogP contribution is 2.32. The van der Waals surface area contributed by atoms with Crippen LogP contribution in [0.3, 0.4) is 0 Å².